The van der Waals surface area contributed by atoms with E-state index in [0.29, 0.717) is 5.92 Å². The number of rotatable bonds is 6. The molecule has 3 nitrogen and oxygen atoms in total. The molecule has 0 aliphatic heterocycles. The molecule has 19 heavy (non-hydrogen) atoms. The highest BCUT2D eigenvalue weighted by atomic mass is 16.2. The van der Waals surface area contributed by atoms with Gasteiger partial charge in [0.15, 0.2) is 0 Å². The van der Waals surface area contributed by atoms with E-state index in [2.05, 4.69) is 19.2 Å². The van der Waals surface area contributed by atoms with E-state index in [1.165, 1.54) is 0 Å². The van der Waals surface area contributed by atoms with E-state index >= 15 is 0 Å². The van der Waals surface area contributed by atoms with Gasteiger partial charge in [-0.05, 0) is 31.9 Å². The van der Waals surface area contributed by atoms with Crippen molar-refractivity contribution in [3.63, 3.8) is 0 Å². The summed E-state index contributed by atoms with van der Waals surface area (Å²) in [5.74, 6) is 0.626. The predicted octanol–water partition coefficient (Wildman–Crippen LogP) is 3.54. The molecule has 1 amide bonds. The Morgan fingerprint density at radius 1 is 1.37 bits per heavy atom. The first kappa shape index (κ1) is 15.5. The minimum Gasteiger partial charge on any atom is -0.385 e. The summed E-state index contributed by atoms with van der Waals surface area (Å²) in [6.07, 6.45) is 1.09. The van der Waals surface area contributed by atoms with E-state index in [1.807, 2.05) is 44.0 Å². The number of anilines is 1. The van der Waals surface area contributed by atoms with E-state index in [-0.39, 0.29) is 5.91 Å². The van der Waals surface area contributed by atoms with Crippen LogP contribution in [0.15, 0.2) is 18.2 Å². The van der Waals surface area contributed by atoms with Gasteiger partial charge in [0.25, 0.3) is 5.91 Å². The van der Waals surface area contributed by atoms with Crippen molar-refractivity contribution < 1.29 is 4.79 Å². The van der Waals surface area contributed by atoms with Crippen LogP contribution in [-0.2, 0) is 0 Å². The number of aryl methyl sites for hydroxylation is 1. The second kappa shape index (κ2) is 7.17. The van der Waals surface area contributed by atoms with Crippen LogP contribution in [0, 0.1) is 12.8 Å². The Labute approximate surface area is 117 Å². The van der Waals surface area contributed by atoms with Crippen molar-refractivity contribution in [1.29, 1.82) is 0 Å². The molecule has 0 aromatic heterocycles. The van der Waals surface area contributed by atoms with Crippen molar-refractivity contribution in [2.24, 2.45) is 5.92 Å². The van der Waals surface area contributed by atoms with Crippen molar-refractivity contribution in [3.05, 3.63) is 29.3 Å². The normalized spacial score (nSPS) is 12.1. The van der Waals surface area contributed by atoms with Crippen LogP contribution in [0.3, 0.4) is 0 Å². The molecular formula is C16H26N2O. The number of hydrogen-bond donors (Lipinski definition) is 1. The lowest BCUT2D eigenvalue weighted by Crippen LogP contribution is -2.31. The monoisotopic (exact) mass is 262 g/mol. The lowest BCUT2D eigenvalue weighted by atomic mass is 10.1. The Hall–Kier alpha value is -1.51. The van der Waals surface area contributed by atoms with Gasteiger partial charge in [0.2, 0.25) is 0 Å². The van der Waals surface area contributed by atoms with E-state index in [4.69, 9.17) is 0 Å². The van der Waals surface area contributed by atoms with E-state index < -0.39 is 0 Å². The van der Waals surface area contributed by atoms with Gasteiger partial charge >= 0.3 is 0 Å². The molecule has 0 fully saturated rings. The Kier molecular flexibility index (Phi) is 5.87. The van der Waals surface area contributed by atoms with Gasteiger partial charge in [0.1, 0.15) is 0 Å². The molecule has 0 saturated heterocycles. The summed E-state index contributed by atoms with van der Waals surface area (Å²) in [7, 11) is 1.88. The predicted molar refractivity (Wildman–Crippen MR) is 81.8 cm³/mol. The minimum absolute atomic E-state index is 0.0972. The molecular weight excluding hydrogens is 236 g/mol. The zero-order valence-corrected chi connectivity index (χ0v) is 12.8. The van der Waals surface area contributed by atoms with Crippen molar-refractivity contribution >= 4 is 11.6 Å². The second-order valence-corrected chi connectivity index (χ2v) is 5.28. The summed E-state index contributed by atoms with van der Waals surface area (Å²) in [6, 6.07) is 5.99. The number of carbonyl (C=O) groups excluding carboxylic acids is 1. The Morgan fingerprint density at radius 2 is 2.05 bits per heavy atom. The van der Waals surface area contributed by atoms with Gasteiger partial charge in [0, 0.05) is 25.8 Å². The third-order valence-electron chi connectivity index (χ3n) is 3.40. The molecule has 1 N–H and O–H groups in total. The van der Waals surface area contributed by atoms with Crippen LogP contribution < -0.4 is 5.32 Å². The first-order chi connectivity index (χ1) is 8.99. The SMILES string of the molecule is CCNc1ccc(C)cc1C(=O)N(C)CC(C)CC. The molecule has 0 aliphatic rings. The summed E-state index contributed by atoms with van der Waals surface area (Å²) in [5, 5.41) is 3.26. The molecule has 0 spiro atoms. The number of amides is 1. The molecule has 1 aromatic carbocycles. The molecule has 0 bridgehead atoms. The van der Waals surface area contributed by atoms with Gasteiger partial charge in [-0.1, -0.05) is 31.9 Å². The maximum absolute atomic E-state index is 12.5. The zero-order chi connectivity index (χ0) is 14.4. The summed E-state index contributed by atoms with van der Waals surface area (Å²) < 4.78 is 0. The molecule has 1 rings (SSSR count). The smallest absolute Gasteiger partial charge is 0.255 e. The average molecular weight is 262 g/mol. The molecule has 0 heterocycles. The Morgan fingerprint density at radius 3 is 2.63 bits per heavy atom. The van der Waals surface area contributed by atoms with Crippen LogP contribution in [-0.4, -0.2) is 30.9 Å². The van der Waals surface area contributed by atoms with Crippen molar-refractivity contribution in [3.8, 4) is 0 Å². The summed E-state index contributed by atoms with van der Waals surface area (Å²) >= 11 is 0. The lowest BCUT2D eigenvalue weighted by molar-refractivity contribution is 0.0776. The maximum atomic E-state index is 12.5. The third kappa shape index (κ3) is 4.27. The van der Waals surface area contributed by atoms with Crippen LogP contribution in [0.1, 0.15) is 43.1 Å². The summed E-state index contributed by atoms with van der Waals surface area (Å²) in [5.41, 5.74) is 2.81. The highest BCUT2D eigenvalue weighted by molar-refractivity contribution is 5.99. The van der Waals surface area contributed by atoms with Crippen molar-refractivity contribution in [2.45, 2.75) is 34.1 Å². The third-order valence-corrected chi connectivity index (χ3v) is 3.40. The zero-order valence-electron chi connectivity index (χ0n) is 12.8. The van der Waals surface area contributed by atoms with Crippen LogP contribution in [0.4, 0.5) is 5.69 Å². The van der Waals surface area contributed by atoms with Gasteiger partial charge in [-0.3, -0.25) is 4.79 Å². The topological polar surface area (TPSA) is 32.3 Å². The highest BCUT2D eigenvalue weighted by Gasteiger charge is 2.17. The fourth-order valence-corrected chi connectivity index (χ4v) is 2.06. The molecule has 0 radical (unpaired) electrons. The molecule has 106 valence electrons. The fourth-order valence-electron chi connectivity index (χ4n) is 2.06. The Balaban J connectivity index is 2.94. The summed E-state index contributed by atoms with van der Waals surface area (Å²) in [4.78, 5) is 14.4. The van der Waals surface area contributed by atoms with Gasteiger partial charge in [-0.15, -0.1) is 0 Å². The van der Waals surface area contributed by atoms with Crippen LogP contribution >= 0.6 is 0 Å². The maximum Gasteiger partial charge on any atom is 0.255 e. The van der Waals surface area contributed by atoms with E-state index in [9.17, 15) is 4.79 Å². The van der Waals surface area contributed by atoms with E-state index in [0.717, 1.165) is 36.3 Å². The van der Waals surface area contributed by atoms with Crippen LogP contribution in [0.2, 0.25) is 0 Å². The number of nitrogens with zero attached hydrogens (tertiary/aromatic N) is 1. The van der Waals surface area contributed by atoms with Crippen LogP contribution in [0.25, 0.3) is 0 Å². The first-order valence-electron chi connectivity index (χ1n) is 7.09. The Bertz CT molecular complexity index is 429. The highest BCUT2D eigenvalue weighted by Crippen LogP contribution is 2.19. The molecule has 3 heteroatoms. The largest absolute Gasteiger partial charge is 0.385 e. The number of carbonyl (C=O) groups is 1. The average Bonchev–Trinajstić information content (AvgIpc) is 2.39. The van der Waals surface area contributed by atoms with Crippen molar-refractivity contribution in [1.82, 2.24) is 4.90 Å². The molecule has 0 aliphatic carbocycles. The van der Waals surface area contributed by atoms with Gasteiger partial charge in [0.05, 0.1) is 5.56 Å². The second-order valence-electron chi connectivity index (χ2n) is 5.28. The minimum atomic E-state index is 0.0972. The first-order valence-corrected chi connectivity index (χ1v) is 7.09. The van der Waals surface area contributed by atoms with E-state index in [1.54, 1.807) is 0 Å². The molecule has 0 saturated carbocycles. The van der Waals surface area contributed by atoms with Crippen LogP contribution in [0.5, 0.6) is 0 Å². The number of benzene rings is 1. The fraction of sp³-hybridized carbons (Fsp3) is 0.562. The number of nitrogens with one attached hydrogen (secondary N) is 1. The quantitative estimate of drug-likeness (QED) is 0.850. The van der Waals surface area contributed by atoms with Crippen molar-refractivity contribution in [2.75, 3.05) is 25.5 Å². The molecule has 1 aromatic rings. The summed E-state index contributed by atoms with van der Waals surface area (Å²) in [6.45, 7) is 10.00. The lowest BCUT2D eigenvalue weighted by Gasteiger charge is -2.22. The van der Waals surface area contributed by atoms with Gasteiger partial charge in [-0.2, -0.15) is 0 Å². The van der Waals surface area contributed by atoms with Gasteiger partial charge < -0.3 is 10.2 Å². The van der Waals surface area contributed by atoms with Gasteiger partial charge in [-0.25, -0.2) is 0 Å². The molecule has 1 unspecified atom stereocenters. The standard InChI is InChI=1S/C16H26N2O/c1-6-12(3)11-18(5)16(19)14-10-13(4)8-9-15(14)17-7-2/h8-10,12,17H,6-7,11H2,1-5H3. The molecule has 1 atom stereocenters. The number of hydrogen-bond acceptors (Lipinski definition) is 2.